The van der Waals surface area contributed by atoms with E-state index in [1.54, 1.807) is 0 Å². The zero-order valence-electron chi connectivity index (χ0n) is 9.29. The van der Waals surface area contributed by atoms with Gasteiger partial charge in [-0.15, -0.1) is 24.8 Å². The van der Waals surface area contributed by atoms with Crippen molar-refractivity contribution in [2.45, 2.75) is 23.6 Å². The van der Waals surface area contributed by atoms with E-state index in [2.05, 4.69) is 9.72 Å². The predicted molar refractivity (Wildman–Crippen MR) is 56.8 cm³/mol. The Morgan fingerprint density at radius 2 is 1.95 bits per heavy atom. The Morgan fingerprint density at radius 1 is 1.40 bits per heavy atom. The van der Waals surface area contributed by atoms with Gasteiger partial charge in [-0.1, -0.05) is 0 Å². The summed E-state index contributed by atoms with van der Waals surface area (Å²) in [5, 5.41) is 4.74. The Bertz CT molecular complexity index is 605. The van der Waals surface area contributed by atoms with Gasteiger partial charge < -0.3 is 4.74 Å². The number of sulfonamides is 1. The van der Waals surface area contributed by atoms with Crippen molar-refractivity contribution in [1.29, 1.82) is 0 Å². The predicted octanol–water partition coefficient (Wildman–Crippen LogP) is 2.30. The molecule has 0 saturated carbocycles. The highest BCUT2D eigenvalue weighted by molar-refractivity contribution is 7.89. The summed E-state index contributed by atoms with van der Waals surface area (Å²) >= 11 is 5.31. The molecule has 5 nitrogen and oxygen atoms in total. The van der Waals surface area contributed by atoms with Crippen LogP contribution in [-0.4, -0.2) is 19.8 Å². The first-order chi connectivity index (χ1) is 8.97. The molecule has 2 N–H and O–H groups in total. The van der Waals surface area contributed by atoms with Crippen molar-refractivity contribution in [3.63, 3.8) is 0 Å². The standard InChI is InChI=1S/C8H6ClF5N2O3S/c9-1-3-4(20(15,17)18)2-16-5(7(10)11)6(3)19-8(12,13)14/h2,7H,1H2,(H2,15,17,18). The number of nitrogens with two attached hydrogens (primary N) is 1. The van der Waals surface area contributed by atoms with Crippen LogP contribution in [-0.2, 0) is 15.9 Å². The van der Waals surface area contributed by atoms with Crippen molar-refractivity contribution in [2.24, 2.45) is 5.14 Å². The summed E-state index contributed by atoms with van der Waals surface area (Å²) in [4.78, 5) is 2.02. The van der Waals surface area contributed by atoms with Crippen LogP contribution in [0.25, 0.3) is 0 Å². The molecule has 1 aromatic heterocycles. The highest BCUT2D eigenvalue weighted by atomic mass is 35.5. The van der Waals surface area contributed by atoms with Gasteiger partial charge in [0.15, 0.2) is 5.75 Å². The first kappa shape index (κ1) is 16.9. The van der Waals surface area contributed by atoms with Crippen LogP contribution in [0, 0.1) is 0 Å². The lowest BCUT2D eigenvalue weighted by molar-refractivity contribution is -0.275. The van der Waals surface area contributed by atoms with Gasteiger partial charge in [0.1, 0.15) is 10.6 Å². The average molecular weight is 341 g/mol. The molecule has 0 aliphatic heterocycles. The van der Waals surface area contributed by atoms with E-state index in [0.717, 1.165) is 0 Å². The number of hydrogen-bond acceptors (Lipinski definition) is 4. The van der Waals surface area contributed by atoms with Crippen LogP contribution in [0.5, 0.6) is 5.75 Å². The van der Waals surface area contributed by atoms with Crippen molar-refractivity contribution in [2.75, 3.05) is 0 Å². The fraction of sp³-hybridized carbons (Fsp3) is 0.375. The minimum atomic E-state index is -5.33. The second-order valence-electron chi connectivity index (χ2n) is 3.34. The van der Waals surface area contributed by atoms with E-state index in [1.807, 2.05) is 0 Å². The molecular weight excluding hydrogens is 335 g/mol. The largest absolute Gasteiger partial charge is 0.573 e. The SMILES string of the molecule is NS(=O)(=O)c1cnc(C(F)F)c(OC(F)(F)F)c1CCl. The summed E-state index contributed by atoms with van der Waals surface area (Å²) in [6.45, 7) is 0. The van der Waals surface area contributed by atoms with Crippen LogP contribution < -0.4 is 9.88 Å². The van der Waals surface area contributed by atoms with Crippen LogP contribution in [0.3, 0.4) is 0 Å². The van der Waals surface area contributed by atoms with Gasteiger partial charge in [-0.3, -0.25) is 0 Å². The Morgan fingerprint density at radius 3 is 2.30 bits per heavy atom. The average Bonchev–Trinajstić information content (AvgIpc) is 2.24. The molecule has 0 amide bonds. The molecule has 0 aliphatic carbocycles. The van der Waals surface area contributed by atoms with Crippen LogP contribution >= 0.6 is 11.6 Å². The first-order valence-electron chi connectivity index (χ1n) is 4.61. The summed E-state index contributed by atoms with van der Waals surface area (Å²) in [6, 6.07) is 0. The van der Waals surface area contributed by atoms with Gasteiger partial charge in [-0.05, 0) is 0 Å². The van der Waals surface area contributed by atoms with Gasteiger partial charge in [0.05, 0.1) is 5.88 Å². The molecule has 1 heterocycles. The molecular formula is C8H6ClF5N2O3S. The van der Waals surface area contributed by atoms with Gasteiger partial charge in [0, 0.05) is 11.8 Å². The van der Waals surface area contributed by atoms with Crippen molar-refractivity contribution >= 4 is 21.6 Å². The summed E-state index contributed by atoms with van der Waals surface area (Å²) in [5.41, 5.74) is -2.22. The maximum Gasteiger partial charge on any atom is 0.573 e. The van der Waals surface area contributed by atoms with Crippen molar-refractivity contribution < 1.29 is 35.1 Å². The molecule has 0 spiro atoms. The molecule has 12 heteroatoms. The molecule has 0 aliphatic rings. The first-order valence-corrected chi connectivity index (χ1v) is 6.70. The van der Waals surface area contributed by atoms with Crippen LogP contribution in [0.1, 0.15) is 17.7 Å². The number of halogens is 6. The Labute approximate surface area is 114 Å². The zero-order chi connectivity index (χ0) is 15.7. The van der Waals surface area contributed by atoms with E-state index < -0.39 is 50.6 Å². The van der Waals surface area contributed by atoms with Crippen molar-refractivity contribution in [1.82, 2.24) is 4.98 Å². The lowest BCUT2D eigenvalue weighted by Gasteiger charge is -2.17. The molecule has 1 aromatic rings. The fourth-order valence-corrected chi connectivity index (χ4v) is 2.34. The molecule has 114 valence electrons. The molecule has 0 fully saturated rings. The lowest BCUT2D eigenvalue weighted by Crippen LogP contribution is -2.22. The Hall–Kier alpha value is -1.20. The maximum absolute atomic E-state index is 12.6. The summed E-state index contributed by atoms with van der Waals surface area (Å²) in [6.07, 6.45) is -8.36. The molecule has 0 atom stereocenters. The molecule has 1 rings (SSSR count). The fourth-order valence-electron chi connectivity index (χ4n) is 1.29. The second kappa shape index (κ2) is 5.66. The van der Waals surface area contributed by atoms with Gasteiger partial charge >= 0.3 is 6.36 Å². The number of ether oxygens (including phenoxy) is 1. The maximum atomic E-state index is 12.6. The highest BCUT2D eigenvalue weighted by Gasteiger charge is 2.36. The monoisotopic (exact) mass is 340 g/mol. The minimum absolute atomic E-state index is 0.401. The smallest absolute Gasteiger partial charge is 0.403 e. The molecule has 0 aromatic carbocycles. The molecule has 0 unspecified atom stereocenters. The van der Waals surface area contributed by atoms with Gasteiger partial charge in [0.2, 0.25) is 10.0 Å². The topological polar surface area (TPSA) is 82.3 Å². The minimum Gasteiger partial charge on any atom is -0.403 e. The van der Waals surface area contributed by atoms with Crippen molar-refractivity contribution in [3.8, 4) is 5.75 Å². The van der Waals surface area contributed by atoms with E-state index in [9.17, 15) is 30.4 Å². The summed E-state index contributed by atoms with van der Waals surface area (Å²) < 4.78 is 87.6. The third kappa shape index (κ3) is 3.90. The van der Waals surface area contributed by atoms with Gasteiger partial charge in [0.25, 0.3) is 6.43 Å². The van der Waals surface area contributed by atoms with E-state index >= 15 is 0 Å². The summed E-state index contributed by atoms with van der Waals surface area (Å²) in [5.74, 6) is -2.31. The van der Waals surface area contributed by atoms with Crippen LogP contribution in [0.15, 0.2) is 11.1 Å². The quantitative estimate of drug-likeness (QED) is 0.673. The third-order valence-electron chi connectivity index (χ3n) is 1.99. The number of pyridine rings is 1. The lowest BCUT2D eigenvalue weighted by atomic mass is 10.2. The van der Waals surface area contributed by atoms with Gasteiger partial charge in [-0.2, -0.15) is 0 Å². The molecule has 0 radical (unpaired) electrons. The molecule has 0 bridgehead atoms. The number of hydrogen-bond donors (Lipinski definition) is 1. The number of rotatable bonds is 4. The van der Waals surface area contributed by atoms with E-state index in [0.29, 0.717) is 6.20 Å². The zero-order valence-corrected chi connectivity index (χ0v) is 10.9. The van der Waals surface area contributed by atoms with Crippen molar-refractivity contribution in [3.05, 3.63) is 17.5 Å². The summed E-state index contributed by atoms with van der Waals surface area (Å²) in [7, 11) is -4.51. The second-order valence-corrected chi connectivity index (χ2v) is 5.14. The number of primary sulfonamides is 1. The van der Waals surface area contributed by atoms with E-state index in [1.165, 1.54) is 0 Å². The normalized spacial score (nSPS) is 12.8. The number of alkyl halides is 6. The highest BCUT2D eigenvalue weighted by Crippen LogP contribution is 2.37. The van der Waals surface area contributed by atoms with Crippen LogP contribution in [0.2, 0.25) is 0 Å². The van der Waals surface area contributed by atoms with Crippen LogP contribution in [0.4, 0.5) is 22.0 Å². The van der Waals surface area contributed by atoms with E-state index in [-0.39, 0.29) is 0 Å². The number of nitrogens with zero attached hydrogens (tertiary/aromatic N) is 1. The third-order valence-corrected chi connectivity index (χ3v) is 3.22. The molecule has 20 heavy (non-hydrogen) atoms. The Balaban J connectivity index is 3.63. The van der Waals surface area contributed by atoms with Gasteiger partial charge in [-0.25, -0.2) is 27.3 Å². The molecule has 0 saturated heterocycles. The Kier molecular flexibility index (Phi) is 4.77. The number of aromatic nitrogens is 1. The van der Waals surface area contributed by atoms with E-state index in [4.69, 9.17) is 16.7 Å².